The van der Waals surface area contributed by atoms with E-state index in [2.05, 4.69) is 20.9 Å². The third kappa shape index (κ3) is 2.71. The van der Waals surface area contributed by atoms with Gasteiger partial charge in [-0.3, -0.25) is 4.98 Å². The zero-order chi connectivity index (χ0) is 11.4. The molecule has 3 nitrogen and oxygen atoms in total. The fourth-order valence-corrected chi connectivity index (χ4v) is 2.39. The molecule has 0 amide bonds. The second-order valence-corrected chi connectivity index (χ2v) is 4.58. The van der Waals surface area contributed by atoms with Crippen LogP contribution in [-0.2, 0) is 12.4 Å². The molecule has 0 saturated carbocycles. The van der Waals surface area contributed by atoms with E-state index in [1.807, 2.05) is 24.7 Å². The van der Waals surface area contributed by atoms with Gasteiger partial charge in [-0.05, 0) is 11.6 Å². The maximum absolute atomic E-state index is 5.72. The monoisotopic (exact) mass is 253 g/mol. The van der Waals surface area contributed by atoms with E-state index in [4.69, 9.17) is 11.6 Å². The molecule has 0 fully saturated rings. The summed E-state index contributed by atoms with van der Waals surface area (Å²) in [7, 11) is 2.02. The van der Waals surface area contributed by atoms with Crippen LogP contribution in [0.3, 0.4) is 0 Å². The number of thiazole rings is 1. The van der Waals surface area contributed by atoms with E-state index in [9.17, 15) is 0 Å². The van der Waals surface area contributed by atoms with Crippen molar-refractivity contribution in [3.63, 3.8) is 0 Å². The third-order valence-corrected chi connectivity index (χ3v) is 3.42. The molecule has 16 heavy (non-hydrogen) atoms. The lowest BCUT2D eigenvalue weighted by molar-refractivity contribution is 0.903. The minimum atomic E-state index is 0.469. The molecule has 0 bridgehead atoms. The molecule has 2 rings (SSSR count). The molecule has 2 aromatic heterocycles. The largest absolute Gasteiger partial charge is 0.347 e. The molecular weight excluding hydrogens is 242 g/mol. The Labute approximate surface area is 104 Å². The van der Waals surface area contributed by atoms with Crippen LogP contribution in [0.2, 0.25) is 0 Å². The molecule has 84 valence electrons. The molecule has 0 radical (unpaired) electrons. The zero-order valence-corrected chi connectivity index (χ0v) is 10.5. The van der Waals surface area contributed by atoms with E-state index in [0.717, 1.165) is 17.4 Å². The molecule has 0 saturated heterocycles. The average molecular weight is 254 g/mol. The van der Waals surface area contributed by atoms with Gasteiger partial charge in [0.1, 0.15) is 0 Å². The number of pyridine rings is 1. The van der Waals surface area contributed by atoms with Crippen molar-refractivity contribution in [2.75, 3.05) is 11.9 Å². The SMILES string of the molecule is CN(Cc1cccnc1)c1nc(CCl)cs1. The Kier molecular flexibility index (Phi) is 3.74. The summed E-state index contributed by atoms with van der Waals surface area (Å²) in [6.07, 6.45) is 3.64. The normalized spacial score (nSPS) is 10.4. The van der Waals surface area contributed by atoms with Crippen LogP contribution in [0.4, 0.5) is 5.13 Å². The summed E-state index contributed by atoms with van der Waals surface area (Å²) in [4.78, 5) is 10.6. The summed E-state index contributed by atoms with van der Waals surface area (Å²) < 4.78 is 0. The van der Waals surface area contributed by atoms with Crippen LogP contribution in [0.25, 0.3) is 0 Å². The Hall–Kier alpha value is -1.13. The molecule has 5 heteroatoms. The maximum Gasteiger partial charge on any atom is 0.185 e. The van der Waals surface area contributed by atoms with Crippen molar-refractivity contribution < 1.29 is 0 Å². The third-order valence-electron chi connectivity index (χ3n) is 2.15. The minimum absolute atomic E-state index is 0.469. The smallest absolute Gasteiger partial charge is 0.185 e. The second-order valence-electron chi connectivity index (χ2n) is 3.47. The summed E-state index contributed by atoms with van der Waals surface area (Å²) >= 11 is 7.33. The van der Waals surface area contributed by atoms with Crippen molar-refractivity contribution in [1.29, 1.82) is 0 Å². The van der Waals surface area contributed by atoms with Crippen LogP contribution in [-0.4, -0.2) is 17.0 Å². The van der Waals surface area contributed by atoms with Gasteiger partial charge in [-0.2, -0.15) is 0 Å². The van der Waals surface area contributed by atoms with Crippen molar-refractivity contribution in [2.24, 2.45) is 0 Å². The lowest BCUT2D eigenvalue weighted by atomic mass is 10.3. The van der Waals surface area contributed by atoms with Crippen LogP contribution in [0, 0.1) is 0 Å². The molecule has 2 aromatic rings. The van der Waals surface area contributed by atoms with Gasteiger partial charge < -0.3 is 4.90 Å². The van der Waals surface area contributed by atoms with E-state index in [1.54, 1.807) is 17.5 Å². The first-order valence-corrected chi connectivity index (χ1v) is 6.31. The Morgan fingerprint density at radius 3 is 3.00 bits per heavy atom. The molecule has 0 N–H and O–H groups in total. The highest BCUT2D eigenvalue weighted by molar-refractivity contribution is 7.13. The number of nitrogens with zero attached hydrogens (tertiary/aromatic N) is 3. The highest BCUT2D eigenvalue weighted by atomic mass is 35.5. The van der Waals surface area contributed by atoms with Gasteiger partial charge in [0.05, 0.1) is 11.6 Å². The zero-order valence-electron chi connectivity index (χ0n) is 8.93. The number of aromatic nitrogens is 2. The molecular formula is C11H12ClN3S. The second kappa shape index (κ2) is 5.27. The molecule has 2 heterocycles. The van der Waals surface area contributed by atoms with Crippen LogP contribution in [0.1, 0.15) is 11.3 Å². The lowest BCUT2D eigenvalue weighted by Crippen LogP contribution is -2.16. The predicted molar refractivity (Wildman–Crippen MR) is 68.0 cm³/mol. The van der Waals surface area contributed by atoms with Gasteiger partial charge >= 0.3 is 0 Å². The van der Waals surface area contributed by atoms with Gasteiger partial charge in [0.25, 0.3) is 0 Å². The van der Waals surface area contributed by atoms with Crippen molar-refractivity contribution in [3.8, 4) is 0 Å². The van der Waals surface area contributed by atoms with Gasteiger partial charge in [-0.25, -0.2) is 4.98 Å². The quantitative estimate of drug-likeness (QED) is 0.785. The molecule has 0 aliphatic rings. The van der Waals surface area contributed by atoms with Crippen molar-refractivity contribution >= 4 is 28.1 Å². The number of anilines is 1. The van der Waals surface area contributed by atoms with Gasteiger partial charge in [0.15, 0.2) is 5.13 Å². The minimum Gasteiger partial charge on any atom is -0.347 e. The average Bonchev–Trinajstić information content (AvgIpc) is 2.79. The Morgan fingerprint density at radius 2 is 2.38 bits per heavy atom. The highest BCUT2D eigenvalue weighted by Crippen LogP contribution is 2.21. The summed E-state index contributed by atoms with van der Waals surface area (Å²) in [6, 6.07) is 3.99. The lowest BCUT2D eigenvalue weighted by Gasteiger charge is -2.15. The van der Waals surface area contributed by atoms with Crippen LogP contribution in [0.15, 0.2) is 29.9 Å². The number of halogens is 1. The predicted octanol–water partition coefficient (Wildman–Crippen LogP) is 2.91. The maximum atomic E-state index is 5.72. The van der Waals surface area contributed by atoms with Crippen molar-refractivity contribution in [2.45, 2.75) is 12.4 Å². The summed E-state index contributed by atoms with van der Waals surface area (Å²) in [5.41, 5.74) is 2.10. The van der Waals surface area contributed by atoms with Crippen molar-refractivity contribution in [1.82, 2.24) is 9.97 Å². The standard InChI is InChI=1S/C11H12ClN3S/c1-15(7-9-3-2-4-13-6-9)11-14-10(5-12)8-16-11/h2-4,6,8H,5,7H2,1H3. The van der Waals surface area contributed by atoms with Gasteiger partial charge in [0, 0.05) is 31.4 Å². The van der Waals surface area contributed by atoms with Gasteiger partial charge in [-0.1, -0.05) is 6.07 Å². The fraction of sp³-hybridized carbons (Fsp3) is 0.273. The molecule has 0 aliphatic carbocycles. The highest BCUT2D eigenvalue weighted by Gasteiger charge is 2.06. The van der Waals surface area contributed by atoms with Crippen LogP contribution in [0.5, 0.6) is 0 Å². The molecule has 0 spiro atoms. The van der Waals surface area contributed by atoms with E-state index in [0.29, 0.717) is 5.88 Å². The fourth-order valence-electron chi connectivity index (χ4n) is 1.37. The topological polar surface area (TPSA) is 29.0 Å². The summed E-state index contributed by atoms with van der Waals surface area (Å²) in [5.74, 6) is 0.469. The molecule has 0 aromatic carbocycles. The first-order valence-electron chi connectivity index (χ1n) is 4.90. The molecule has 0 aliphatic heterocycles. The first-order chi connectivity index (χ1) is 7.79. The number of alkyl halides is 1. The molecule has 0 unspecified atom stereocenters. The van der Waals surface area contributed by atoms with E-state index in [-0.39, 0.29) is 0 Å². The van der Waals surface area contributed by atoms with Crippen LogP contribution < -0.4 is 4.90 Å². The van der Waals surface area contributed by atoms with Gasteiger partial charge in [0.2, 0.25) is 0 Å². The molecule has 0 atom stereocenters. The summed E-state index contributed by atoms with van der Waals surface area (Å²) in [5, 5.41) is 2.97. The van der Waals surface area contributed by atoms with Crippen molar-refractivity contribution in [3.05, 3.63) is 41.2 Å². The number of rotatable bonds is 4. The van der Waals surface area contributed by atoms with Gasteiger partial charge in [-0.15, -0.1) is 22.9 Å². The summed E-state index contributed by atoms with van der Waals surface area (Å²) in [6.45, 7) is 0.809. The van der Waals surface area contributed by atoms with E-state index in [1.165, 1.54) is 5.56 Å². The first kappa shape index (κ1) is 11.4. The number of hydrogen-bond donors (Lipinski definition) is 0. The van der Waals surface area contributed by atoms with E-state index >= 15 is 0 Å². The van der Waals surface area contributed by atoms with E-state index < -0.39 is 0 Å². The Morgan fingerprint density at radius 1 is 1.50 bits per heavy atom. The Balaban J connectivity index is 2.05. The number of hydrogen-bond acceptors (Lipinski definition) is 4. The Bertz CT molecular complexity index is 444. The van der Waals surface area contributed by atoms with Crippen LogP contribution >= 0.6 is 22.9 Å².